The van der Waals surface area contributed by atoms with Crippen molar-refractivity contribution in [2.75, 3.05) is 58.0 Å². The molecule has 2 aliphatic heterocycles. The van der Waals surface area contributed by atoms with E-state index in [4.69, 9.17) is 9.47 Å². The maximum atomic E-state index is 10.2. The van der Waals surface area contributed by atoms with Gasteiger partial charge in [-0.05, 0) is 49.1 Å². The second-order valence-corrected chi connectivity index (χ2v) is 8.51. The van der Waals surface area contributed by atoms with Crippen LogP contribution in [0.2, 0.25) is 0 Å². The maximum Gasteiger partial charge on any atom is 0.119 e. The molecule has 2 saturated heterocycles. The Morgan fingerprint density at radius 2 is 2.08 bits per heavy atom. The summed E-state index contributed by atoms with van der Waals surface area (Å²) in [5, 5.41) is 10.2. The average Bonchev–Trinajstić information content (AvgIpc) is 2.68. The van der Waals surface area contributed by atoms with Crippen molar-refractivity contribution in [3.05, 3.63) is 29.8 Å². The molecule has 1 atom stereocenters. The molecule has 1 aromatic carbocycles. The van der Waals surface area contributed by atoms with Crippen LogP contribution in [0, 0.1) is 0 Å². The topological polar surface area (TPSA) is 45.2 Å². The number of benzene rings is 1. The highest BCUT2D eigenvalue weighted by Crippen LogP contribution is 2.23. The van der Waals surface area contributed by atoms with Crippen molar-refractivity contribution in [3.8, 4) is 5.75 Å². The van der Waals surface area contributed by atoms with Gasteiger partial charge >= 0.3 is 0 Å². The van der Waals surface area contributed by atoms with Gasteiger partial charge in [-0.25, -0.2) is 0 Å². The molecule has 1 N–H and O–H groups in total. The molecule has 1 aromatic rings. The van der Waals surface area contributed by atoms with E-state index < -0.39 is 6.10 Å². The zero-order chi connectivity index (χ0) is 18.2. The van der Waals surface area contributed by atoms with Crippen LogP contribution in [-0.2, 0) is 11.3 Å². The normalized spacial score (nSPS) is 21.0. The molecule has 0 spiro atoms. The van der Waals surface area contributed by atoms with Crippen LogP contribution in [0.5, 0.6) is 5.75 Å². The highest BCUT2D eigenvalue weighted by molar-refractivity contribution is 7.99. The Balaban J connectivity index is 1.44. The Kier molecular flexibility index (Phi) is 8.08. The molecule has 0 unspecified atom stereocenters. The monoisotopic (exact) mass is 380 g/mol. The molecule has 0 bridgehead atoms. The summed E-state index contributed by atoms with van der Waals surface area (Å²) in [5.41, 5.74) is 1.27. The van der Waals surface area contributed by atoms with Crippen LogP contribution >= 0.6 is 11.8 Å². The SMILES string of the molecule is CN(Cc1cccc(OC[C@@H](O)CN2CCOCC2)c1)C1CCSCC1. The van der Waals surface area contributed by atoms with Gasteiger partial charge in [-0.2, -0.15) is 11.8 Å². The van der Waals surface area contributed by atoms with Gasteiger partial charge in [-0.3, -0.25) is 9.80 Å². The van der Waals surface area contributed by atoms with Gasteiger partial charge in [-0.1, -0.05) is 12.1 Å². The summed E-state index contributed by atoms with van der Waals surface area (Å²) < 4.78 is 11.2. The van der Waals surface area contributed by atoms with Crippen LogP contribution < -0.4 is 4.74 Å². The number of rotatable bonds is 8. The van der Waals surface area contributed by atoms with Crippen LogP contribution in [0.25, 0.3) is 0 Å². The highest BCUT2D eigenvalue weighted by atomic mass is 32.2. The Bertz CT molecular complexity index is 534. The first-order valence-corrected chi connectivity index (χ1v) is 10.8. The first-order chi connectivity index (χ1) is 12.7. The minimum absolute atomic E-state index is 0.330. The highest BCUT2D eigenvalue weighted by Gasteiger charge is 2.18. The first kappa shape index (κ1) is 20.0. The molecular formula is C20H32N2O3S. The Morgan fingerprint density at radius 3 is 2.85 bits per heavy atom. The summed E-state index contributed by atoms with van der Waals surface area (Å²) in [5.74, 6) is 3.40. The molecule has 2 aliphatic rings. The molecule has 0 aromatic heterocycles. The molecule has 26 heavy (non-hydrogen) atoms. The van der Waals surface area contributed by atoms with Crippen molar-refractivity contribution >= 4 is 11.8 Å². The number of hydrogen-bond acceptors (Lipinski definition) is 6. The largest absolute Gasteiger partial charge is 0.491 e. The molecule has 3 rings (SSSR count). The van der Waals surface area contributed by atoms with E-state index >= 15 is 0 Å². The standard InChI is InChI=1S/C20H32N2O3S/c1-21(18-5-11-26-12-6-18)14-17-3-2-4-20(13-17)25-16-19(23)15-22-7-9-24-10-8-22/h2-4,13,18-19,23H,5-12,14-16H2,1H3/t19-/m0/s1. The van der Waals surface area contributed by atoms with Gasteiger partial charge in [0.15, 0.2) is 0 Å². The second-order valence-electron chi connectivity index (χ2n) is 7.28. The lowest BCUT2D eigenvalue weighted by molar-refractivity contribution is 0.00464. The van der Waals surface area contributed by atoms with Gasteiger partial charge in [0.2, 0.25) is 0 Å². The molecular weight excluding hydrogens is 348 g/mol. The number of morpholine rings is 1. The number of aliphatic hydroxyl groups excluding tert-OH is 1. The molecule has 2 heterocycles. The zero-order valence-corrected chi connectivity index (χ0v) is 16.6. The van der Waals surface area contributed by atoms with E-state index in [-0.39, 0.29) is 0 Å². The van der Waals surface area contributed by atoms with Crippen molar-refractivity contribution in [1.82, 2.24) is 9.80 Å². The summed E-state index contributed by atoms with van der Waals surface area (Å²) in [4.78, 5) is 4.69. The molecule has 0 radical (unpaired) electrons. The number of β-amino-alcohol motifs (C(OH)–C–C–N with tert-alkyl or cyclic N) is 1. The molecule has 0 saturated carbocycles. The van der Waals surface area contributed by atoms with Crippen LogP contribution in [0.15, 0.2) is 24.3 Å². The molecule has 2 fully saturated rings. The number of thioether (sulfide) groups is 1. The predicted molar refractivity (Wildman–Crippen MR) is 107 cm³/mol. The zero-order valence-electron chi connectivity index (χ0n) is 15.8. The van der Waals surface area contributed by atoms with E-state index in [1.165, 1.54) is 29.9 Å². The van der Waals surface area contributed by atoms with E-state index in [2.05, 4.69) is 40.7 Å². The number of aliphatic hydroxyl groups is 1. The first-order valence-electron chi connectivity index (χ1n) is 9.68. The van der Waals surface area contributed by atoms with Gasteiger partial charge in [0, 0.05) is 32.2 Å². The third-order valence-corrected chi connectivity index (χ3v) is 6.21. The minimum Gasteiger partial charge on any atom is -0.491 e. The van der Waals surface area contributed by atoms with Gasteiger partial charge in [0.1, 0.15) is 18.5 Å². The van der Waals surface area contributed by atoms with E-state index in [0.717, 1.165) is 38.6 Å². The summed E-state index contributed by atoms with van der Waals surface area (Å²) >= 11 is 2.07. The summed E-state index contributed by atoms with van der Waals surface area (Å²) in [6, 6.07) is 8.98. The van der Waals surface area contributed by atoms with Gasteiger partial charge in [-0.15, -0.1) is 0 Å². The fourth-order valence-electron chi connectivity index (χ4n) is 3.60. The average molecular weight is 381 g/mol. The van der Waals surface area contributed by atoms with E-state index in [0.29, 0.717) is 19.2 Å². The van der Waals surface area contributed by atoms with E-state index in [9.17, 15) is 5.11 Å². The summed E-state index contributed by atoms with van der Waals surface area (Å²) in [6.07, 6.45) is 2.09. The maximum absolute atomic E-state index is 10.2. The second kappa shape index (κ2) is 10.5. The smallest absolute Gasteiger partial charge is 0.119 e. The molecule has 5 nitrogen and oxygen atoms in total. The van der Waals surface area contributed by atoms with Crippen LogP contribution in [0.3, 0.4) is 0 Å². The number of nitrogens with zero attached hydrogens (tertiary/aromatic N) is 2. The van der Waals surface area contributed by atoms with Gasteiger partial charge < -0.3 is 14.6 Å². The van der Waals surface area contributed by atoms with Crippen molar-refractivity contribution in [2.24, 2.45) is 0 Å². The van der Waals surface area contributed by atoms with Gasteiger partial charge in [0.05, 0.1) is 13.2 Å². The molecule has 0 amide bonds. The van der Waals surface area contributed by atoms with Crippen molar-refractivity contribution in [2.45, 2.75) is 31.5 Å². The third-order valence-electron chi connectivity index (χ3n) is 5.16. The van der Waals surface area contributed by atoms with Gasteiger partial charge in [0.25, 0.3) is 0 Å². The quantitative estimate of drug-likeness (QED) is 0.745. The van der Waals surface area contributed by atoms with Crippen molar-refractivity contribution < 1.29 is 14.6 Å². The molecule has 6 heteroatoms. The Hall–Kier alpha value is -0.790. The third kappa shape index (κ3) is 6.43. The van der Waals surface area contributed by atoms with E-state index in [1.54, 1.807) is 0 Å². The van der Waals surface area contributed by atoms with Crippen molar-refractivity contribution in [3.63, 3.8) is 0 Å². The lowest BCUT2D eigenvalue weighted by atomic mass is 10.1. The molecule has 146 valence electrons. The van der Waals surface area contributed by atoms with E-state index in [1.807, 2.05) is 12.1 Å². The Morgan fingerprint density at radius 1 is 1.31 bits per heavy atom. The fraction of sp³-hybridized carbons (Fsp3) is 0.700. The lowest BCUT2D eigenvalue weighted by Gasteiger charge is -2.31. The predicted octanol–water partition coefficient (Wildman–Crippen LogP) is 2.09. The fourth-order valence-corrected chi connectivity index (χ4v) is 4.69. The number of hydrogen-bond donors (Lipinski definition) is 1. The minimum atomic E-state index is -0.473. The summed E-state index contributed by atoms with van der Waals surface area (Å²) in [7, 11) is 2.22. The summed E-state index contributed by atoms with van der Waals surface area (Å²) in [6.45, 7) is 5.20. The van der Waals surface area contributed by atoms with Crippen LogP contribution in [-0.4, -0.2) is 85.1 Å². The van der Waals surface area contributed by atoms with Crippen LogP contribution in [0.4, 0.5) is 0 Å². The van der Waals surface area contributed by atoms with Crippen LogP contribution in [0.1, 0.15) is 18.4 Å². The lowest BCUT2D eigenvalue weighted by Crippen LogP contribution is -2.42. The van der Waals surface area contributed by atoms with Crippen molar-refractivity contribution in [1.29, 1.82) is 0 Å². The molecule has 0 aliphatic carbocycles. The number of ether oxygens (including phenoxy) is 2. The Labute approximate surface area is 161 Å².